The molecule has 1 saturated heterocycles. The number of hydrogen-bond acceptors (Lipinski definition) is 2. The number of hydrogen-bond donors (Lipinski definition) is 1. The number of rotatable bonds is 3. The van der Waals surface area contributed by atoms with Gasteiger partial charge in [-0.2, -0.15) is 0 Å². The zero-order valence-electron chi connectivity index (χ0n) is 12.1. The van der Waals surface area contributed by atoms with Crippen molar-refractivity contribution >= 4 is 33.4 Å². The van der Waals surface area contributed by atoms with E-state index < -0.39 is 5.82 Å². The van der Waals surface area contributed by atoms with Crippen molar-refractivity contribution in [2.75, 3.05) is 11.4 Å². The van der Waals surface area contributed by atoms with Crippen molar-refractivity contribution in [3.05, 3.63) is 64.4 Å². The maximum Gasteiger partial charge on any atom is 0.252 e. The number of carbonyl (C=O) groups excluding carboxylic acids is 2. The van der Waals surface area contributed by atoms with E-state index >= 15 is 0 Å². The van der Waals surface area contributed by atoms with E-state index in [-0.39, 0.29) is 24.3 Å². The van der Waals surface area contributed by atoms with Gasteiger partial charge >= 0.3 is 0 Å². The van der Waals surface area contributed by atoms with Crippen LogP contribution in [0.3, 0.4) is 0 Å². The molecule has 1 atom stereocenters. The number of amides is 2. The first-order chi connectivity index (χ1) is 11.0. The normalized spacial score (nSPS) is 17.4. The van der Waals surface area contributed by atoms with Crippen LogP contribution in [-0.4, -0.2) is 24.4 Å². The summed E-state index contributed by atoms with van der Waals surface area (Å²) in [5.41, 5.74) is 1.02. The van der Waals surface area contributed by atoms with Crippen LogP contribution in [0.4, 0.5) is 10.1 Å². The highest BCUT2D eigenvalue weighted by atomic mass is 79.9. The third kappa shape index (κ3) is 3.42. The molecule has 118 valence electrons. The second kappa shape index (κ2) is 6.50. The summed E-state index contributed by atoms with van der Waals surface area (Å²) in [6.07, 6.45) is 0.201. The fraction of sp³-hybridized carbons (Fsp3) is 0.176. The fourth-order valence-corrected chi connectivity index (χ4v) is 3.07. The summed E-state index contributed by atoms with van der Waals surface area (Å²) in [5, 5.41) is 2.86. The fourth-order valence-electron chi connectivity index (χ4n) is 2.61. The number of carbonyl (C=O) groups is 2. The van der Waals surface area contributed by atoms with Gasteiger partial charge in [-0.05, 0) is 46.3 Å². The Morgan fingerprint density at radius 3 is 2.74 bits per heavy atom. The molecule has 2 aromatic rings. The van der Waals surface area contributed by atoms with Crippen molar-refractivity contribution in [3.63, 3.8) is 0 Å². The van der Waals surface area contributed by atoms with E-state index in [0.717, 1.165) is 0 Å². The first kappa shape index (κ1) is 15.7. The maximum atomic E-state index is 13.3. The number of nitrogens with one attached hydrogen (secondary N) is 1. The first-order valence-electron chi connectivity index (χ1n) is 7.16. The number of nitrogens with zero attached hydrogens (tertiary/aromatic N) is 1. The van der Waals surface area contributed by atoms with Gasteiger partial charge in [0.2, 0.25) is 5.91 Å². The van der Waals surface area contributed by atoms with Gasteiger partial charge in [-0.3, -0.25) is 9.59 Å². The lowest BCUT2D eigenvalue weighted by Crippen LogP contribution is -2.37. The van der Waals surface area contributed by atoms with Crippen LogP contribution in [-0.2, 0) is 4.79 Å². The topological polar surface area (TPSA) is 49.4 Å². The Bertz CT molecular complexity index is 766. The lowest BCUT2D eigenvalue weighted by Gasteiger charge is -2.17. The third-order valence-corrected chi connectivity index (χ3v) is 4.39. The molecule has 1 N–H and O–H groups in total. The smallest absolute Gasteiger partial charge is 0.252 e. The number of benzene rings is 2. The average Bonchev–Trinajstić information content (AvgIpc) is 2.88. The molecular formula is C17H14BrFN2O2. The molecule has 0 aliphatic carbocycles. The highest BCUT2D eigenvalue weighted by Crippen LogP contribution is 2.23. The predicted molar refractivity (Wildman–Crippen MR) is 88.8 cm³/mol. The molecule has 2 amide bonds. The van der Waals surface area contributed by atoms with Crippen molar-refractivity contribution in [1.29, 1.82) is 0 Å². The minimum Gasteiger partial charge on any atom is -0.347 e. The average molecular weight is 377 g/mol. The Kier molecular flexibility index (Phi) is 4.43. The third-order valence-electron chi connectivity index (χ3n) is 3.70. The zero-order chi connectivity index (χ0) is 16.4. The maximum absolute atomic E-state index is 13.3. The Morgan fingerprint density at radius 1 is 1.22 bits per heavy atom. The summed E-state index contributed by atoms with van der Waals surface area (Å²) < 4.78 is 14.0. The molecule has 3 rings (SSSR count). The van der Waals surface area contributed by atoms with E-state index in [1.54, 1.807) is 30.3 Å². The summed E-state index contributed by atoms with van der Waals surface area (Å²) in [5.74, 6) is -0.764. The van der Waals surface area contributed by atoms with Gasteiger partial charge in [0.05, 0.1) is 11.6 Å². The van der Waals surface area contributed by atoms with Gasteiger partial charge in [-0.1, -0.05) is 18.2 Å². The summed E-state index contributed by atoms with van der Waals surface area (Å²) in [4.78, 5) is 25.9. The Labute approximate surface area is 141 Å². The van der Waals surface area contributed by atoms with Crippen LogP contribution < -0.4 is 10.2 Å². The molecule has 1 fully saturated rings. The molecule has 0 aromatic heterocycles. The van der Waals surface area contributed by atoms with E-state index in [1.165, 1.54) is 17.0 Å². The first-order valence-corrected chi connectivity index (χ1v) is 7.95. The SMILES string of the molecule is O=C(N[C@@H]1CC(=O)N(c2cccc(F)c2)C1)c1ccccc1Br. The standard InChI is InChI=1S/C17H14BrFN2O2/c18-15-7-2-1-6-14(15)17(23)20-12-9-16(22)21(10-12)13-5-3-4-11(19)8-13/h1-8,12H,9-10H2,(H,20,23)/t12-/m1/s1. The molecule has 23 heavy (non-hydrogen) atoms. The Balaban J connectivity index is 1.71. The van der Waals surface area contributed by atoms with Crippen LogP contribution in [0.15, 0.2) is 53.0 Å². The molecule has 1 aliphatic rings. The Hall–Kier alpha value is -2.21. The van der Waals surface area contributed by atoms with Gasteiger partial charge in [0.15, 0.2) is 0 Å². The van der Waals surface area contributed by atoms with E-state index in [4.69, 9.17) is 0 Å². The van der Waals surface area contributed by atoms with Crippen molar-refractivity contribution < 1.29 is 14.0 Å². The molecule has 0 spiro atoms. The second-order valence-electron chi connectivity index (χ2n) is 5.34. The van der Waals surface area contributed by atoms with Crippen LogP contribution in [0.2, 0.25) is 0 Å². The van der Waals surface area contributed by atoms with Gasteiger partial charge in [0, 0.05) is 23.1 Å². The highest BCUT2D eigenvalue weighted by Gasteiger charge is 2.32. The lowest BCUT2D eigenvalue weighted by atomic mass is 10.2. The van der Waals surface area contributed by atoms with Gasteiger partial charge in [-0.15, -0.1) is 0 Å². The van der Waals surface area contributed by atoms with Gasteiger partial charge in [-0.25, -0.2) is 4.39 Å². The minimum absolute atomic E-state index is 0.131. The summed E-state index contributed by atoms with van der Waals surface area (Å²) in [6.45, 7) is 0.332. The molecular weight excluding hydrogens is 363 g/mol. The van der Waals surface area contributed by atoms with Crippen molar-refractivity contribution in [3.8, 4) is 0 Å². The van der Waals surface area contributed by atoms with Crippen LogP contribution in [0.5, 0.6) is 0 Å². The van der Waals surface area contributed by atoms with Crippen LogP contribution in [0, 0.1) is 5.82 Å². The lowest BCUT2D eigenvalue weighted by molar-refractivity contribution is -0.117. The molecule has 0 bridgehead atoms. The quantitative estimate of drug-likeness (QED) is 0.894. The van der Waals surface area contributed by atoms with Crippen LogP contribution >= 0.6 is 15.9 Å². The predicted octanol–water partition coefficient (Wildman–Crippen LogP) is 3.12. The highest BCUT2D eigenvalue weighted by molar-refractivity contribution is 9.10. The van der Waals surface area contributed by atoms with Crippen molar-refractivity contribution in [2.45, 2.75) is 12.5 Å². The number of halogens is 2. The van der Waals surface area contributed by atoms with Crippen LogP contribution in [0.1, 0.15) is 16.8 Å². The van der Waals surface area contributed by atoms with Crippen molar-refractivity contribution in [1.82, 2.24) is 5.32 Å². The van der Waals surface area contributed by atoms with Gasteiger partial charge in [0.25, 0.3) is 5.91 Å². The summed E-state index contributed by atoms with van der Waals surface area (Å²) >= 11 is 3.33. The van der Waals surface area contributed by atoms with Gasteiger partial charge in [0.1, 0.15) is 5.82 Å². The van der Waals surface area contributed by atoms with Crippen molar-refractivity contribution in [2.24, 2.45) is 0 Å². The molecule has 6 heteroatoms. The minimum atomic E-state index is -0.393. The number of anilines is 1. The van der Waals surface area contributed by atoms with Gasteiger partial charge < -0.3 is 10.2 Å². The van der Waals surface area contributed by atoms with Crippen LogP contribution in [0.25, 0.3) is 0 Å². The second-order valence-corrected chi connectivity index (χ2v) is 6.19. The zero-order valence-corrected chi connectivity index (χ0v) is 13.7. The van der Waals surface area contributed by atoms with E-state index in [0.29, 0.717) is 22.3 Å². The summed E-state index contributed by atoms with van der Waals surface area (Å²) in [6, 6.07) is 12.7. The molecule has 0 unspecified atom stereocenters. The largest absolute Gasteiger partial charge is 0.347 e. The molecule has 1 heterocycles. The molecule has 2 aromatic carbocycles. The molecule has 0 saturated carbocycles. The van der Waals surface area contributed by atoms with E-state index in [1.807, 2.05) is 6.07 Å². The summed E-state index contributed by atoms with van der Waals surface area (Å²) in [7, 11) is 0. The monoisotopic (exact) mass is 376 g/mol. The molecule has 4 nitrogen and oxygen atoms in total. The molecule has 1 aliphatic heterocycles. The van der Waals surface area contributed by atoms with E-state index in [2.05, 4.69) is 21.2 Å². The van der Waals surface area contributed by atoms with E-state index in [9.17, 15) is 14.0 Å². The molecule has 0 radical (unpaired) electrons. The Morgan fingerprint density at radius 2 is 2.00 bits per heavy atom.